The number of aryl methyl sites for hydroxylation is 1. The molecule has 0 aliphatic carbocycles. The normalized spacial score (nSPS) is 12.5. The van der Waals surface area contributed by atoms with Crippen LogP contribution in [-0.4, -0.2) is 31.5 Å². The molecular formula is C21H21F4N3O3. The van der Waals surface area contributed by atoms with Crippen LogP contribution < -0.4 is 5.32 Å². The molecule has 0 unspecified atom stereocenters. The zero-order valence-corrected chi connectivity index (χ0v) is 17.3. The van der Waals surface area contributed by atoms with Crippen molar-refractivity contribution < 1.29 is 32.0 Å². The van der Waals surface area contributed by atoms with Gasteiger partial charge in [0.2, 0.25) is 0 Å². The van der Waals surface area contributed by atoms with E-state index in [-0.39, 0.29) is 23.6 Å². The first kappa shape index (κ1) is 23.8. The Balaban J connectivity index is 2.34. The number of amides is 1. The largest absolute Gasteiger partial charge is 0.419 e. The van der Waals surface area contributed by atoms with Crippen LogP contribution in [0.5, 0.6) is 0 Å². The summed E-state index contributed by atoms with van der Waals surface area (Å²) in [6.07, 6.45) is -4.83. The van der Waals surface area contributed by atoms with E-state index in [9.17, 15) is 22.4 Å². The van der Waals surface area contributed by atoms with E-state index in [2.05, 4.69) is 15.6 Å². The van der Waals surface area contributed by atoms with Crippen molar-refractivity contribution in [2.24, 2.45) is 10.3 Å². The third-order valence-corrected chi connectivity index (χ3v) is 4.39. The van der Waals surface area contributed by atoms with Crippen molar-refractivity contribution in [3.05, 3.63) is 70.0 Å². The van der Waals surface area contributed by atoms with Gasteiger partial charge in [-0.25, -0.2) is 4.39 Å². The molecule has 0 aliphatic rings. The first-order valence-electron chi connectivity index (χ1n) is 9.06. The molecule has 2 aromatic carbocycles. The number of oxime groups is 2. The van der Waals surface area contributed by atoms with Gasteiger partial charge in [0.05, 0.1) is 11.3 Å². The van der Waals surface area contributed by atoms with Crippen LogP contribution in [0.15, 0.2) is 46.7 Å². The number of nitrogens with zero attached hydrogens (tertiary/aromatic N) is 2. The lowest BCUT2D eigenvalue weighted by Gasteiger charge is -2.13. The van der Waals surface area contributed by atoms with E-state index in [0.717, 1.165) is 11.6 Å². The quantitative estimate of drug-likeness (QED) is 0.400. The molecule has 2 rings (SSSR count). The maximum absolute atomic E-state index is 14.3. The van der Waals surface area contributed by atoms with Gasteiger partial charge < -0.3 is 15.0 Å². The fourth-order valence-electron chi connectivity index (χ4n) is 2.81. The molecule has 1 N–H and O–H groups in total. The Bertz CT molecular complexity index is 1020. The number of nitrogens with one attached hydrogen (secondary N) is 1. The van der Waals surface area contributed by atoms with Gasteiger partial charge in [0.25, 0.3) is 5.91 Å². The lowest BCUT2D eigenvalue weighted by atomic mass is 9.98. The van der Waals surface area contributed by atoms with Crippen LogP contribution in [0.1, 0.15) is 34.7 Å². The predicted octanol–water partition coefficient (Wildman–Crippen LogP) is 4.19. The maximum atomic E-state index is 14.3. The fraction of sp³-hybridized carbons (Fsp3) is 0.286. The van der Waals surface area contributed by atoms with E-state index in [1.165, 1.54) is 27.1 Å². The number of carbonyl (C=O) groups excluding carboxylic acids is 1. The molecule has 1 amide bonds. The van der Waals surface area contributed by atoms with E-state index < -0.39 is 23.5 Å². The fourth-order valence-corrected chi connectivity index (χ4v) is 2.81. The van der Waals surface area contributed by atoms with E-state index in [1.807, 2.05) is 0 Å². The average molecular weight is 439 g/mol. The van der Waals surface area contributed by atoms with Gasteiger partial charge in [-0.15, -0.1) is 0 Å². The highest BCUT2D eigenvalue weighted by atomic mass is 19.4. The lowest BCUT2D eigenvalue weighted by Crippen LogP contribution is -2.29. The molecule has 0 fully saturated rings. The third-order valence-electron chi connectivity index (χ3n) is 4.39. The number of halogens is 4. The van der Waals surface area contributed by atoms with Crippen LogP contribution in [0.3, 0.4) is 0 Å². The third kappa shape index (κ3) is 5.59. The Hall–Kier alpha value is -3.43. The van der Waals surface area contributed by atoms with Crippen LogP contribution in [0.4, 0.5) is 17.6 Å². The van der Waals surface area contributed by atoms with Crippen molar-refractivity contribution in [2.75, 3.05) is 14.2 Å². The highest BCUT2D eigenvalue weighted by Gasteiger charge is 2.35. The van der Waals surface area contributed by atoms with Crippen molar-refractivity contribution in [1.29, 1.82) is 0 Å². The van der Waals surface area contributed by atoms with E-state index in [0.29, 0.717) is 17.2 Å². The summed E-state index contributed by atoms with van der Waals surface area (Å²) < 4.78 is 53.1. The second kappa shape index (κ2) is 10.1. The van der Waals surface area contributed by atoms with Crippen molar-refractivity contribution in [3.63, 3.8) is 0 Å². The first-order chi connectivity index (χ1) is 14.6. The Morgan fingerprint density at radius 2 is 1.74 bits per heavy atom. The van der Waals surface area contributed by atoms with Crippen molar-refractivity contribution >= 4 is 17.3 Å². The number of hydrogen-bond acceptors (Lipinski definition) is 5. The molecule has 166 valence electrons. The van der Waals surface area contributed by atoms with E-state index in [4.69, 9.17) is 9.68 Å². The van der Waals surface area contributed by atoms with Crippen molar-refractivity contribution in [3.8, 4) is 0 Å². The highest BCUT2D eigenvalue weighted by Crippen LogP contribution is 2.32. The zero-order valence-electron chi connectivity index (χ0n) is 17.3. The van der Waals surface area contributed by atoms with Crippen LogP contribution in [-0.2, 0) is 27.3 Å². The molecule has 0 aliphatic heterocycles. The Kier molecular flexibility index (Phi) is 7.73. The topological polar surface area (TPSA) is 72.3 Å². The van der Waals surface area contributed by atoms with E-state index in [1.54, 1.807) is 25.1 Å². The smallest absolute Gasteiger partial charge is 0.398 e. The summed E-state index contributed by atoms with van der Waals surface area (Å²) >= 11 is 0. The molecule has 0 radical (unpaired) electrons. The predicted molar refractivity (Wildman–Crippen MR) is 107 cm³/mol. The van der Waals surface area contributed by atoms with Crippen molar-refractivity contribution in [2.45, 2.75) is 26.6 Å². The molecule has 0 bridgehead atoms. The number of hydrogen-bond donors (Lipinski definition) is 1. The van der Waals surface area contributed by atoms with Gasteiger partial charge in [-0.05, 0) is 25.5 Å². The molecule has 0 heterocycles. The molecule has 0 spiro atoms. The monoisotopic (exact) mass is 439 g/mol. The lowest BCUT2D eigenvalue weighted by molar-refractivity contribution is -0.140. The Morgan fingerprint density at radius 3 is 2.35 bits per heavy atom. The number of likely N-dealkylation sites (N-methyl/N-ethyl adjacent to an activating group) is 1. The van der Waals surface area contributed by atoms with Crippen LogP contribution >= 0.6 is 0 Å². The summed E-state index contributed by atoms with van der Waals surface area (Å²) in [5, 5.41) is 9.99. The summed E-state index contributed by atoms with van der Waals surface area (Å²) in [6.45, 7) is 2.97. The molecule has 0 saturated carbocycles. The standard InChI is InChI=1S/C21H21F4N3O3/c1-12-7-5-9-15(19(28-30-4)20(29)26-3)16(12)11-31-27-13(2)14-8-6-10-17(18(14)22)21(23,24)25/h5-10H,11H2,1-4H3,(H,26,29)/b27-13+,28-19+. The number of carbonyl (C=O) groups is 1. The van der Waals surface area contributed by atoms with Crippen LogP contribution in [0.25, 0.3) is 0 Å². The second-order valence-corrected chi connectivity index (χ2v) is 6.42. The highest BCUT2D eigenvalue weighted by molar-refractivity contribution is 6.45. The number of alkyl halides is 3. The van der Waals surface area contributed by atoms with Crippen LogP contribution in [0, 0.1) is 12.7 Å². The maximum Gasteiger partial charge on any atom is 0.419 e. The minimum atomic E-state index is -4.83. The molecule has 31 heavy (non-hydrogen) atoms. The summed E-state index contributed by atoms with van der Waals surface area (Å²) in [6, 6.07) is 8.07. The summed E-state index contributed by atoms with van der Waals surface area (Å²) in [5.41, 5.74) is -0.0307. The Labute approximate surface area is 176 Å². The molecule has 0 aromatic heterocycles. The molecule has 6 nitrogen and oxygen atoms in total. The molecule has 2 aromatic rings. The summed E-state index contributed by atoms with van der Waals surface area (Å²) in [4.78, 5) is 22.2. The summed E-state index contributed by atoms with van der Waals surface area (Å²) in [7, 11) is 2.74. The van der Waals surface area contributed by atoms with Gasteiger partial charge in [-0.1, -0.05) is 40.6 Å². The minimum Gasteiger partial charge on any atom is -0.398 e. The van der Waals surface area contributed by atoms with Gasteiger partial charge in [-0.2, -0.15) is 13.2 Å². The van der Waals surface area contributed by atoms with E-state index >= 15 is 0 Å². The SMILES string of the molecule is CNC(=O)/C(=N/OC)c1cccc(C)c1CO/N=C(\C)c1cccc(C(F)(F)F)c1F. The van der Waals surface area contributed by atoms with Gasteiger partial charge in [0, 0.05) is 23.7 Å². The zero-order chi connectivity index (χ0) is 23.2. The molecule has 0 atom stereocenters. The van der Waals surface area contributed by atoms with Gasteiger partial charge in [0.1, 0.15) is 19.5 Å². The average Bonchev–Trinajstić information content (AvgIpc) is 2.71. The number of rotatable bonds is 7. The van der Waals surface area contributed by atoms with Gasteiger partial charge >= 0.3 is 6.18 Å². The minimum absolute atomic E-state index is 0.0110. The van der Waals surface area contributed by atoms with Crippen molar-refractivity contribution in [1.82, 2.24) is 5.32 Å². The number of benzene rings is 2. The second-order valence-electron chi connectivity index (χ2n) is 6.42. The first-order valence-corrected chi connectivity index (χ1v) is 9.06. The summed E-state index contributed by atoms with van der Waals surface area (Å²) in [5.74, 6) is -1.91. The molecule has 10 heteroatoms. The van der Waals surface area contributed by atoms with Gasteiger partial charge in [0.15, 0.2) is 5.71 Å². The molecular weight excluding hydrogens is 418 g/mol. The van der Waals surface area contributed by atoms with Crippen LogP contribution in [0.2, 0.25) is 0 Å². The molecule has 0 saturated heterocycles. The Morgan fingerprint density at radius 1 is 1.10 bits per heavy atom. The van der Waals surface area contributed by atoms with Gasteiger partial charge in [-0.3, -0.25) is 4.79 Å².